The van der Waals surface area contributed by atoms with Crippen LogP contribution in [0.25, 0.3) is 0 Å². The highest BCUT2D eigenvalue weighted by Gasteiger charge is 2.14. The average molecular weight is 292 g/mol. The Hall–Kier alpha value is -2.34. The molecule has 7 heteroatoms. The van der Waals surface area contributed by atoms with Crippen molar-refractivity contribution in [2.24, 2.45) is 0 Å². The van der Waals surface area contributed by atoms with E-state index in [0.717, 1.165) is 5.69 Å². The Balaban J connectivity index is 2.31. The fourth-order valence-corrected chi connectivity index (χ4v) is 1.86. The molecule has 0 saturated carbocycles. The number of carbonyl (C=O) groups excluding carboxylic acids is 1. The molecule has 1 aromatic heterocycles. The first kappa shape index (κ1) is 14.1. The van der Waals surface area contributed by atoms with E-state index in [1.807, 2.05) is 19.0 Å². The van der Waals surface area contributed by atoms with Crippen molar-refractivity contribution in [3.8, 4) is 0 Å². The van der Waals surface area contributed by atoms with Crippen molar-refractivity contribution >= 4 is 34.7 Å². The highest BCUT2D eigenvalue weighted by molar-refractivity contribution is 6.28. The molecular weight excluding hydrogens is 278 g/mol. The van der Waals surface area contributed by atoms with Crippen LogP contribution in [0.1, 0.15) is 10.4 Å². The first-order valence-corrected chi connectivity index (χ1v) is 6.22. The summed E-state index contributed by atoms with van der Waals surface area (Å²) in [6.07, 6.45) is 1.47. The fraction of sp³-hybridized carbons (Fsp3) is 0.154. The lowest BCUT2D eigenvalue weighted by Gasteiger charge is -2.17. The largest absolute Gasteiger partial charge is 0.399 e. The highest BCUT2D eigenvalue weighted by Crippen LogP contribution is 2.22. The van der Waals surface area contributed by atoms with Crippen molar-refractivity contribution in [2.75, 3.05) is 30.0 Å². The van der Waals surface area contributed by atoms with Gasteiger partial charge in [-0.05, 0) is 35.9 Å². The second-order valence-corrected chi connectivity index (χ2v) is 4.67. The van der Waals surface area contributed by atoms with E-state index in [1.54, 1.807) is 24.3 Å². The summed E-state index contributed by atoms with van der Waals surface area (Å²) < 4.78 is 0. The van der Waals surface area contributed by atoms with E-state index in [0.29, 0.717) is 17.1 Å². The van der Waals surface area contributed by atoms with E-state index < -0.39 is 0 Å². The molecule has 0 aliphatic carbocycles. The SMILES string of the molecule is CN(C)c1ccc(N)cc1C(=O)Nc1ccnc(Cl)n1. The molecule has 3 N–H and O–H groups in total. The molecule has 1 amide bonds. The number of benzene rings is 1. The molecule has 0 bridgehead atoms. The Bertz CT molecular complexity index is 644. The zero-order valence-corrected chi connectivity index (χ0v) is 11.8. The predicted octanol–water partition coefficient (Wildman–Crippen LogP) is 2.03. The van der Waals surface area contributed by atoms with E-state index in [2.05, 4.69) is 15.3 Å². The number of nitrogens with two attached hydrogens (primary N) is 1. The Morgan fingerprint density at radius 2 is 2.10 bits per heavy atom. The van der Waals surface area contributed by atoms with Crippen LogP contribution >= 0.6 is 11.6 Å². The number of nitrogens with zero attached hydrogens (tertiary/aromatic N) is 3. The molecule has 0 saturated heterocycles. The molecule has 0 aliphatic heterocycles. The number of hydrogen-bond acceptors (Lipinski definition) is 5. The van der Waals surface area contributed by atoms with Crippen LogP contribution in [0.4, 0.5) is 17.2 Å². The number of hydrogen-bond donors (Lipinski definition) is 2. The molecule has 1 aromatic carbocycles. The van der Waals surface area contributed by atoms with Gasteiger partial charge in [-0.15, -0.1) is 0 Å². The quantitative estimate of drug-likeness (QED) is 0.668. The lowest BCUT2D eigenvalue weighted by Crippen LogP contribution is -2.19. The van der Waals surface area contributed by atoms with E-state index in [1.165, 1.54) is 6.20 Å². The Labute approximate surface area is 121 Å². The van der Waals surface area contributed by atoms with Crippen LogP contribution in [-0.2, 0) is 0 Å². The highest BCUT2D eigenvalue weighted by atomic mass is 35.5. The van der Waals surface area contributed by atoms with Crippen molar-refractivity contribution in [1.29, 1.82) is 0 Å². The minimum atomic E-state index is -0.309. The predicted molar refractivity (Wildman–Crippen MR) is 80.2 cm³/mol. The summed E-state index contributed by atoms with van der Waals surface area (Å²) in [5.74, 6) is 0.0258. The third kappa shape index (κ3) is 3.16. The van der Waals surface area contributed by atoms with E-state index >= 15 is 0 Å². The van der Waals surface area contributed by atoms with Crippen LogP contribution in [0.3, 0.4) is 0 Å². The third-order valence-corrected chi connectivity index (χ3v) is 2.80. The second kappa shape index (κ2) is 5.75. The maximum absolute atomic E-state index is 12.3. The maximum atomic E-state index is 12.3. The van der Waals surface area contributed by atoms with Crippen molar-refractivity contribution in [3.05, 3.63) is 41.3 Å². The van der Waals surface area contributed by atoms with Crippen LogP contribution in [-0.4, -0.2) is 30.0 Å². The van der Waals surface area contributed by atoms with Crippen LogP contribution in [0.5, 0.6) is 0 Å². The van der Waals surface area contributed by atoms with Gasteiger partial charge in [0.25, 0.3) is 5.91 Å². The van der Waals surface area contributed by atoms with Gasteiger partial charge in [0.1, 0.15) is 5.82 Å². The van der Waals surface area contributed by atoms with Gasteiger partial charge in [0, 0.05) is 31.7 Å². The van der Waals surface area contributed by atoms with Gasteiger partial charge >= 0.3 is 0 Å². The Morgan fingerprint density at radius 1 is 1.35 bits per heavy atom. The van der Waals surface area contributed by atoms with E-state index in [4.69, 9.17) is 17.3 Å². The molecule has 0 spiro atoms. The minimum Gasteiger partial charge on any atom is -0.399 e. The molecule has 2 aromatic rings. The summed E-state index contributed by atoms with van der Waals surface area (Å²) in [5.41, 5.74) is 7.48. The van der Waals surface area contributed by atoms with Gasteiger partial charge in [0.05, 0.1) is 5.56 Å². The summed E-state index contributed by atoms with van der Waals surface area (Å²) in [6.45, 7) is 0. The van der Waals surface area contributed by atoms with Crippen molar-refractivity contribution in [3.63, 3.8) is 0 Å². The number of halogens is 1. The molecule has 6 nitrogen and oxygen atoms in total. The van der Waals surface area contributed by atoms with Gasteiger partial charge in [-0.1, -0.05) is 0 Å². The average Bonchev–Trinajstić information content (AvgIpc) is 2.38. The van der Waals surface area contributed by atoms with Crippen molar-refractivity contribution in [2.45, 2.75) is 0 Å². The van der Waals surface area contributed by atoms with E-state index in [9.17, 15) is 4.79 Å². The monoisotopic (exact) mass is 291 g/mol. The molecule has 0 fully saturated rings. The number of amides is 1. The molecule has 0 radical (unpaired) electrons. The van der Waals surface area contributed by atoms with Crippen LogP contribution in [0, 0.1) is 0 Å². The van der Waals surface area contributed by atoms with Gasteiger partial charge in [0.2, 0.25) is 5.28 Å². The smallest absolute Gasteiger partial charge is 0.258 e. The number of anilines is 3. The second-order valence-electron chi connectivity index (χ2n) is 4.34. The van der Waals surface area contributed by atoms with Gasteiger partial charge < -0.3 is 16.0 Å². The zero-order valence-electron chi connectivity index (χ0n) is 11.1. The topological polar surface area (TPSA) is 84.1 Å². The van der Waals surface area contributed by atoms with Crippen molar-refractivity contribution in [1.82, 2.24) is 9.97 Å². The van der Waals surface area contributed by atoms with Gasteiger partial charge in [-0.2, -0.15) is 0 Å². The number of nitrogen functional groups attached to an aromatic ring is 1. The molecule has 1 heterocycles. The molecule has 0 atom stereocenters. The van der Waals surface area contributed by atoms with Gasteiger partial charge in [-0.3, -0.25) is 4.79 Å². The zero-order chi connectivity index (χ0) is 14.7. The van der Waals surface area contributed by atoms with Crippen LogP contribution < -0.4 is 16.0 Å². The normalized spacial score (nSPS) is 10.2. The van der Waals surface area contributed by atoms with Gasteiger partial charge in [0.15, 0.2) is 0 Å². The number of nitrogens with one attached hydrogen (secondary N) is 1. The van der Waals surface area contributed by atoms with Gasteiger partial charge in [-0.25, -0.2) is 9.97 Å². The molecule has 0 aliphatic rings. The minimum absolute atomic E-state index is 0.0724. The van der Waals surface area contributed by atoms with Crippen LogP contribution in [0.15, 0.2) is 30.5 Å². The summed E-state index contributed by atoms with van der Waals surface area (Å²) in [4.78, 5) is 21.8. The Kier molecular flexibility index (Phi) is 4.05. The van der Waals surface area contributed by atoms with Crippen molar-refractivity contribution < 1.29 is 4.79 Å². The van der Waals surface area contributed by atoms with Crippen LogP contribution in [0.2, 0.25) is 5.28 Å². The number of carbonyl (C=O) groups is 1. The Morgan fingerprint density at radius 3 is 2.75 bits per heavy atom. The molecular formula is C13H14ClN5O. The summed E-state index contributed by atoms with van der Waals surface area (Å²) in [7, 11) is 3.70. The van der Waals surface area contributed by atoms with E-state index in [-0.39, 0.29) is 11.2 Å². The lowest BCUT2D eigenvalue weighted by molar-refractivity contribution is 0.102. The lowest BCUT2D eigenvalue weighted by atomic mass is 10.1. The summed E-state index contributed by atoms with van der Waals surface area (Å²) in [5, 5.41) is 2.74. The number of aromatic nitrogens is 2. The first-order chi connectivity index (χ1) is 9.47. The number of rotatable bonds is 3. The summed E-state index contributed by atoms with van der Waals surface area (Å²) >= 11 is 5.68. The standard InChI is InChI=1S/C13H14ClN5O/c1-19(2)10-4-3-8(15)7-9(10)12(20)17-11-5-6-16-13(14)18-11/h3-7H,15H2,1-2H3,(H,16,17,18,20). The maximum Gasteiger partial charge on any atom is 0.258 e. The molecule has 104 valence electrons. The molecule has 2 rings (SSSR count). The molecule has 20 heavy (non-hydrogen) atoms. The first-order valence-electron chi connectivity index (χ1n) is 5.84. The fourth-order valence-electron chi connectivity index (χ4n) is 1.71. The molecule has 0 unspecified atom stereocenters. The third-order valence-electron chi connectivity index (χ3n) is 2.61. The summed E-state index contributed by atoms with van der Waals surface area (Å²) in [6, 6.07) is 6.71.